The minimum absolute atomic E-state index is 0.346. The molecule has 2 rings (SSSR count). The lowest BCUT2D eigenvalue weighted by molar-refractivity contribution is 1.19. The molecule has 0 aliphatic heterocycles. The highest BCUT2D eigenvalue weighted by atomic mass is 35.5. The number of thiophene rings is 1. The van der Waals surface area contributed by atoms with Crippen LogP contribution < -0.4 is 11.1 Å². The van der Waals surface area contributed by atoms with E-state index < -0.39 is 0 Å². The number of halogens is 2. The van der Waals surface area contributed by atoms with E-state index in [1.807, 2.05) is 24.3 Å². The summed E-state index contributed by atoms with van der Waals surface area (Å²) in [6.45, 7) is 0.660. The lowest BCUT2D eigenvalue weighted by atomic mass is 10.1. The zero-order chi connectivity index (χ0) is 13.1. The summed E-state index contributed by atoms with van der Waals surface area (Å²) in [6.07, 6.45) is 0. The lowest BCUT2D eigenvalue weighted by Gasteiger charge is -2.10. The normalized spacial score (nSPS) is 10.3. The van der Waals surface area contributed by atoms with E-state index in [0.29, 0.717) is 16.6 Å². The number of anilines is 1. The van der Waals surface area contributed by atoms with Gasteiger partial charge in [-0.05, 0) is 30.3 Å². The molecule has 0 aliphatic carbocycles. The summed E-state index contributed by atoms with van der Waals surface area (Å²) >= 11 is 18.4. The molecule has 0 amide bonds. The molecule has 0 saturated carbocycles. The largest absolute Gasteiger partial charge is 0.389 e. The summed E-state index contributed by atoms with van der Waals surface area (Å²) in [7, 11) is 0. The van der Waals surface area contributed by atoms with Gasteiger partial charge in [0.25, 0.3) is 0 Å². The quantitative estimate of drug-likeness (QED) is 0.826. The van der Waals surface area contributed by atoms with Crippen molar-refractivity contribution in [1.29, 1.82) is 0 Å². The molecule has 0 radical (unpaired) electrons. The van der Waals surface area contributed by atoms with Crippen LogP contribution in [0.3, 0.4) is 0 Å². The maximum atomic E-state index is 5.96. The summed E-state index contributed by atoms with van der Waals surface area (Å²) in [5.41, 5.74) is 7.29. The SMILES string of the molecule is NC(=S)c1ccc(Cl)cc1NCc1ccc(Cl)s1. The van der Waals surface area contributed by atoms with Gasteiger partial charge in [-0.25, -0.2) is 0 Å². The van der Waals surface area contributed by atoms with Crippen molar-refractivity contribution in [3.63, 3.8) is 0 Å². The molecule has 0 aliphatic rings. The average Bonchev–Trinajstić information content (AvgIpc) is 2.72. The van der Waals surface area contributed by atoms with Gasteiger partial charge < -0.3 is 11.1 Å². The van der Waals surface area contributed by atoms with Gasteiger partial charge in [-0.2, -0.15) is 0 Å². The summed E-state index contributed by atoms with van der Waals surface area (Å²) < 4.78 is 0.771. The molecule has 1 heterocycles. The Labute approximate surface area is 125 Å². The second kappa shape index (κ2) is 5.89. The van der Waals surface area contributed by atoms with Crippen molar-refractivity contribution in [3.8, 4) is 0 Å². The van der Waals surface area contributed by atoms with Crippen LogP contribution >= 0.6 is 46.8 Å². The smallest absolute Gasteiger partial charge is 0.106 e. The van der Waals surface area contributed by atoms with Gasteiger partial charge in [0.15, 0.2) is 0 Å². The van der Waals surface area contributed by atoms with E-state index in [-0.39, 0.29) is 0 Å². The molecule has 0 atom stereocenters. The molecule has 18 heavy (non-hydrogen) atoms. The van der Waals surface area contributed by atoms with Gasteiger partial charge in [-0.15, -0.1) is 11.3 Å². The van der Waals surface area contributed by atoms with Crippen LogP contribution in [-0.4, -0.2) is 4.99 Å². The van der Waals surface area contributed by atoms with Crippen LogP contribution in [-0.2, 0) is 6.54 Å². The Bertz CT molecular complexity index is 581. The maximum Gasteiger partial charge on any atom is 0.106 e. The highest BCUT2D eigenvalue weighted by molar-refractivity contribution is 7.80. The molecule has 6 heteroatoms. The number of benzene rings is 1. The number of thiocarbonyl (C=S) groups is 1. The molecule has 0 unspecified atom stereocenters. The fourth-order valence-corrected chi connectivity index (χ4v) is 2.88. The summed E-state index contributed by atoms with van der Waals surface area (Å²) in [6, 6.07) is 9.24. The van der Waals surface area contributed by atoms with Gasteiger partial charge in [0.2, 0.25) is 0 Å². The monoisotopic (exact) mass is 316 g/mol. The molecule has 0 fully saturated rings. The van der Waals surface area contributed by atoms with Gasteiger partial charge in [-0.1, -0.05) is 35.4 Å². The van der Waals surface area contributed by atoms with Crippen LogP contribution in [0.25, 0.3) is 0 Å². The highest BCUT2D eigenvalue weighted by Crippen LogP contribution is 2.25. The van der Waals surface area contributed by atoms with Crippen LogP contribution in [0.1, 0.15) is 10.4 Å². The third kappa shape index (κ3) is 3.36. The topological polar surface area (TPSA) is 38.0 Å². The van der Waals surface area contributed by atoms with Crippen LogP contribution in [0.2, 0.25) is 9.36 Å². The molecule has 94 valence electrons. The Kier molecular flexibility index (Phi) is 4.45. The summed E-state index contributed by atoms with van der Waals surface area (Å²) in [5.74, 6) is 0. The van der Waals surface area contributed by atoms with Gasteiger partial charge in [0, 0.05) is 27.7 Å². The molecule has 0 saturated heterocycles. The zero-order valence-corrected chi connectivity index (χ0v) is 12.4. The molecule has 2 nitrogen and oxygen atoms in total. The summed E-state index contributed by atoms with van der Waals surface area (Å²) in [5, 5.41) is 3.91. The first kappa shape index (κ1) is 13.6. The number of nitrogens with one attached hydrogen (secondary N) is 1. The Hall–Kier alpha value is -0.810. The molecular formula is C12H10Cl2N2S2. The minimum atomic E-state index is 0.346. The van der Waals surface area contributed by atoms with Crippen molar-refractivity contribution >= 4 is 57.4 Å². The zero-order valence-electron chi connectivity index (χ0n) is 9.24. The highest BCUT2D eigenvalue weighted by Gasteiger charge is 2.06. The Morgan fingerprint density at radius 1 is 1.28 bits per heavy atom. The maximum absolute atomic E-state index is 5.96. The van der Waals surface area contributed by atoms with Gasteiger partial charge in [-0.3, -0.25) is 0 Å². The second-order valence-corrected chi connectivity index (χ2v) is 6.29. The van der Waals surface area contributed by atoms with Crippen molar-refractivity contribution in [2.75, 3.05) is 5.32 Å². The fraction of sp³-hybridized carbons (Fsp3) is 0.0833. The summed E-state index contributed by atoms with van der Waals surface area (Å²) in [4.78, 5) is 1.48. The van der Waals surface area contributed by atoms with Crippen molar-refractivity contribution in [1.82, 2.24) is 0 Å². The Morgan fingerprint density at radius 2 is 2.06 bits per heavy atom. The van der Waals surface area contributed by atoms with Crippen molar-refractivity contribution < 1.29 is 0 Å². The molecule has 1 aromatic heterocycles. The predicted molar refractivity (Wildman–Crippen MR) is 84.0 cm³/mol. The predicted octanol–water partition coefficient (Wildman–Crippen LogP) is 4.30. The van der Waals surface area contributed by atoms with Crippen molar-refractivity contribution in [2.45, 2.75) is 6.54 Å². The molecule has 0 spiro atoms. The average molecular weight is 317 g/mol. The fourth-order valence-electron chi connectivity index (χ4n) is 1.51. The number of hydrogen-bond donors (Lipinski definition) is 2. The third-order valence-electron chi connectivity index (χ3n) is 2.33. The van der Waals surface area contributed by atoms with E-state index in [1.165, 1.54) is 11.3 Å². The Morgan fingerprint density at radius 3 is 2.67 bits per heavy atom. The first-order valence-corrected chi connectivity index (χ1v) is 7.12. The third-order valence-corrected chi connectivity index (χ3v) is 4.02. The molecule has 1 aromatic carbocycles. The second-order valence-electron chi connectivity index (χ2n) is 3.61. The van der Waals surface area contributed by atoms with E-state index in [2.05, 4.69) is 5.32 Å². The Balaban J connectivity index is 2.17. The molecule has 3 N–H and O–H groups in total. The molecular weight excluding hydrogens is 307 g/mol. The van der Waals surface area contributed by atoms with Gasteiger partial charge in [0.05, 0.1) is 4.34 Å². The lowest BCUT2D eigenvalue weighted by Crippen LogP contribution is -2.13. The van der Waals surface area contributed by atoms with Crippen LogP contribution in [0.15, 0.2) is 30.3 Å². The molecule has 0 bridgehead atoms. The van der Waals surface area contributed by atoms with E-state index in [4.69, 9.17) is 41.2 Å². The van der Waals surface area contributed by atoms with Gasteiger partial charge >= 0.3 is 0 Å². The van der Waals surface area contributed by atoms with Crippen LogP contribution in [0.5, 0.6) is 0 Å². The van der Waals surface area contributed by atoms with Crippen LogP contribution in [0, 0.1) is 0 Å². The first-order valence-electron chi connectivity index (χ1n) is 5.13. The van der Waals surface area contributed by atoms with E-state index in [9.17, 15) is 0 Å². The van der Waals surface area contributed by atoms with Gasteiger partial charge in [0.1, 0.15) is 4.99 Å². The number of nitrogens with two attached hydrogens (primary N) is 1. The van der Waals surface area contributed by atoms with E-state index >= 15 is 0 Å². The van der Waals surface area contributed by atoms with Crippen LogP contribution in [0.4, 0.5) is 5.69 Å². The minimum Gasteiger partial charge on any atom is -0.389 e. The number of hydrogen-bond acceptors (Lipinski definition) is 3. The number of rotatable bonds is 4. The van der Waals surface area contributed by atoms with Crippen molar-refractivity contribution in [2.24, 2.45) is 5.73 Å². The van der Waals surface area contributed by atoms with E-state index in [1.54, 1.807) is 6.07 Å². The van der Waals surface area contributed by atoms with Crippen molar-refractivity contribution in [3.05, 3.63) is 50.1 Å². The van der Waals surface area contributed by atoms with E-state index in [0.717, 1.165) is 20.5 Å². The first-order chi connectivity index (χ1) is 8.56. The molecule has 2 aromatic rings. The standard InChI is InChI=1S/C12H10Cl2N2S2/c13-7-1-3-9(12(15)17)10(5-7)16-6-8-2-4-11(14)18-8/h1-5,16H,6H2,(H2,15,17).